The van der Waals surface area contributed by atoms with Crippen molar-refractivity contribution in [3.63, 3.8) is 0 Å². The van der Waals surface area contributed by atoms with Gasteiger partial charge in [0.1, 0.15) is 0 Å². The van der Waals surface area contributed by atoms with Crippen molar-refractivity contribution in [1.82, 2.24) is 10.3 Å². The zero-order chi connectivity index (χ0) is 12.2. The summed E-state index contributed by atoms with van der Waals surface area (Å²) in [5, 5.41) is 0. The van der Waals surface area contributed by atoms with Crippen LogP contribution in [0.5, 0.6) is 0 Å². The van der Waals surface area contributed by atoms with Gasteiger partial charge in [-0.05, 0) is 31.3 Å². The van der Waals surface area contributed by atoms with Gasteiger partial charge >= 0.3 is 0 Å². The first-order chi connectivity index (χ1) is 7.50. The number of rotatable bonds is 4. The summed E-state index contributed by atoms with van der Waals surface area (Å²) in [5.74, 6) is 5.04. The third-order valence-corrected chi connectivity index (χ3v) is 4.04. The second kappa shape index (κ2) is 5.64. The van der Waals surface area contributed by atoms with Crippen LogP contribution in [0.25, 0.3) is 0 Å². The van der Waals surface area contributed by atoms with Crippen LogP contribution >= 0.6 is 0 Å². The summed E-state index contributed by atoms with van der Waals surface area (Å²) in [5.41, 5.74) is 2.73. The van der Waals surface area contributed by atoms with E-state index in [-0.39, 0.29) is 11.8 Å². The maximum atomic E-state index is 11.3. The summed E-state index contributed by atoms with van der Waals surface area (Å²) in [6.07, 6.45) is 3.72. The summed E-state index contributed by atoms with van der Waals surface area (Å²) < 4.78 is 0. The van der Waals surface area contributed by atoms with Crippen molar-refractivity contribution in [3.8, 4) is 0 Å². The minimum absolute atomic E-state index is 0.0176. The van der Waals surface area contributed by atoms with Gasteiger partial charge in [-0.3, -0.25) is 10.2 Å². The number of amides is 1. The van der Waals surface area contributed by atoms with Crippen molar-refractivity contribution < 1.29 is 4.79 Å². The molecule has 4 nitrogen and oxygen atoms in total. The number of piperidine rings is 1. The van der Waals surface area contributed by atoms with Gasteiger partial charge in [0.2, 0.25) is 5.91 Å². The van der Waals surface area contributed by atoms with Crippen LogP contribution in [0.2, 0.25) is 0 Å². The van der Waals surface area contributed by atoms with Gasteiger partial charge in [0, 0.05) is 12.5 Å². The highest BCUT2D eigenvalue weighted by molar-refractivity contribution is 5.77. The monoisotopic (exact) mass is 227 g/mol. The second-order valence-corrected chi connectivity index (χ2v) is 5.37. The highest BCUT2D eigenvalue weighted by Gasteiger charge is 2.29. The molecule has 0 aromatic carbocycles. The Hall–Kier alpha value is -0.610. The van der Waals surface area contributed by atoms with Crippen LogP contribution in [0.1, 0.15) is 40.0 Å². The number of carbonyl (C=O) groups excluding carboxylic acids is 1. The molecule has 16 heavy (non-hydrogen) atoms. The molecule has 1 fully saturated rings. The molecule has 0 saturated carbocycles. The molecule has 1 rings (SSSR count). The number of hydrazine groups is 1. The van der Waals surface area contributed by atoms with Gasteiger partial charge in [-0.2, -0.15) is 0 Å². The molecule has 1 atom stereocenters. The number of hydrogen-bond acceptors (Lipinski definition) is 3. The quantitative estimate of drug-likeness (QED) is 0.430. The molecule has 1 saturated heterocycles. The summed E-state index contributed by atoms with van der Waals surface area (Å²) in [6, 6.07) is 0. The number of nitrogens with one attached hydrogen (secondary N) is 1. The first-order valence-electron chi connectivity index (χ1n) is 6.23. The van der Waals surface area contributed by atoms with Gasteiger partial charge < -0.3 is 4.90 Å². The minimum atomic E-state index is -0.0659. The lowest BCUT2D eigenvalue weighted by molar-refractivity contribution is -0.125. The van der Waals surface area contributed by atoms with Crippen molar-refractivity contribution in [3.05, 3.63) is 0 Å². The predicted octanol–water partition coefficient (Wildman–Crippen LogP) is 1.12. The number of hydrogen-bond donors (Lipinski definition) is 2. The van der Waals surface area contributed by atoms with Gasteiger partial charge in [-0.15, -0.1) is 0 Å². The molecule has 0 bridgehead atoms. The molecule has 1 heterocycles. The van der Waals surface area contributed by atoms with E-state index in [1.165, 1.54) is 19.3 Å². The highest BCUT2D eigenvalue weighted by Crippen LogP contribution is 2.33. The van der Waals surface area contributed by atoms with Gasteiger partial charge in [0.15, 0.2) is 0 Å². The topological polar surface area (TPSA) is 58.4 Å². The van der Waals surface area contributed by atoms with E-state index >= 15 is 0 Å². The Labute approximate surface area is 98.5 Å². The van der Waals surface area contributed by atoms with Gasteiger partial charge in [0.25, 0.3) is 0 Å². The zero-order valence-corrected chi connectivity index (χ0v) is 10.8. The maximum absolute atomic E-state index is 11.3. The van der Waals surface area contributed by atoms with Gasteiger partial charge in [0.05, 0.1) is 0 Å². The summed E-state index contributed by atoms with van der Waals surface area (Å²) in [7, 11) is 0. The molecule has 0 aromatic heterocycles. The Bertz CT molecular complexity index is 234. The van der Waals surface area contributed by atoms with E-state index in [4.69, 9.17) is 5.84 Å². The molecular formula is C12H25N3O. The van der Waals surface area contributed by atoms with E-state index in [1.807, 2.05) is 6.92 Å². The van der Waals surface area contributed by atoms with E-state index in [0.717, 1.165) is 19.6 Å². The second-order valence-electron chi connectivity index (χ2n) is 5.37. The number of nitrogens with zero attached hydrogens (tertiary/aromatic N) is 1. The third-order valence-electron chi connectivity index (χ3n) is 4.04. The van der Waals surface area contributed by atoms with Crippen LogP contribution in [0.3, 0.4) is 0 Å². The molecule has 3 N–H and O–H groups in total. The van der Waals surface area contributed by atoms with Crippen molar-refractivity contribution >= 4 is 5.91 Å². The largest absolute Gasteiger partial charge is 0.303 e. The first-order valence-corrected chi connectivity index (χ1v) is 6.23. The average Bonchev–Trinajstić information content (AvgIpc) is 2.31. The number of nitrogens with two attached hydrogens (primary N) is 1. The van der Waals surface area contributed by atoms with E-state index in [1.54, 1.807) is 0 Å². The van der Waals surface area contributed by atoms with Crippen LogP contribution in [-0.4, -0.2) is 30.4 Å². The smallest absolute Gasteiger partial charge is 0.237 e. The summed E-state index contributed by atoms with van der Waals surface area (Å²) in [6.45, 7) is 9.58. The lowest BCUT2D eigenvalue weighted by atomic mass is 9.78. The first kappa shape index (κ1) is 13.5. The fourth-order valence-corrected chi connectivity index (χ4v) is 2.24. The Balaban J connectivity index is 2.35. The minimum Gasteiger partial charge on any atom is -0.303 e. The van der Waals surface area contributed by atoms with E-state index in [9.17, 15) is 4.79 Å². The Morgan fingerprint density at radius 2 is 2.06 bits per heavy atom. The molecular weight excluding hydrogens is 202 g/mol. The van der Waals surface area contributed by atoms with Crippen LogP contribution in [0.15, 0.2) is 0 Å². The molecule has 94 valence electrons. The Morgan fingerprint density at radius 3 is 2.50 bits per heavy atom. The van der Waals surface area contributed by atoms with Crippen molar-refractivity contribution in [2.45, 2.75) is 40.0 Å². The molecule has 1 amide bonds. The lowest BCUT2D eigenvalue weighted by Crippen LogP contribution is -2.44. The van der Waals surface area contributed by atoms with Gasteiger partial charge in [-0.25, -0.2) is 5.84 Å². The average molecular weight is 227 g/mol. The molecule has 1 aliphatic heterocycles. The van der Waals surface area contributed by atoms with E-state index < -0.39 is 0 Å². The Kier molecular flexibility index (Phi) is 4.74. The molecule has 4 heteroatoms. The predicted molar refractivity (Wildman–Crippen MR) is 65.6 cm³/mol. The fourth-order valence-electron chi connectivity index (χ4n) is 2.24. The number of likely N-dealkylation sites (tertiary alicyclic amines) is 1. The van der Waals surface area contributed by atoms with Crippen molar-refractivity contribution in [1.29, 1.82) is 0 Å². The maximum Gasteiger partial charge on any atom is 0.237 e. The molecule has 0 radical (unpaired) electrons. The number of carbonyl (C=O) groups is 1. The van der Waals surface area contributed by atoms with Crippen LogP contribution in [0.4, 0.5) is 0 Å². The SMILES string of the molecule is CCC1(C)CCN(CC(C)C(=O)NN)CC1. The highest BCUT2D eigenvalue weighted by atomic mass is 16.2. The molecule has 0 spiro atoms. The van der Waals surface area contributed by atoms with Gasteiger partial charge in [-0.1, -0.05) is 27.2 Å². The van der Waals surface area contributed by atoms with Crippen LogP contribution in [-0.2, 0) is 4.79 Å². The fraction of sp³-hybridized carbons (Fsp3) is 0.917. The van der Waals surface area contributed by atoms with Crippen LogP contribution < -0.4 is 11.3 Å². The molecule has 1 unspecified atom stereocenters. The molecule has 1 aliphatic rings. The van der Waals surface area contributed by atoms with E-state index in [0.29, 0.717) is 5.41 Å². The Morgan fingerprint density at radius 1 is 1.50 bits per heavy atom. The van der Waals surface area contributed by atoms with Crippen LogP contribution in [0, 0.1) is 11.3 Å². The molecule has 0 aromatic rings. The van der Waals surface area contributed by atoms with Crippen molar-refractivity contribution in [2.24, 2.45) is 17.2 Å². The standard InChI is InChI=1S/C12H25N3O/c1-4-12(3)5-7-15(8-6-12)9-10(2)11(16)14-13/h10H,4-9,13H2,1-3H3,(H,14,16). The normalized spacial score (nSPS) is 22.8. The summed E-state index contributed by atoms with van der Waals surface area (Å²) in [4.78, 5) is 13.7. The lowest BCUT2D eigenvalue weighted by Gasteiger charge is -2.39. The summed E-state index contributed by atoms with van der Waals surface area (Å²) >= 11 is 0. The zero-order valence-electron chi connectivity index (χ0n) is 10.8. The van der Waals surface area contributed by atoms with E-state index in [2.05, 4.69) is 24.2 Å². The third kappa shape index (κ3) is 3.46. The molecule has 0 aliphatic carbocycles. The van der Waals surface area contributed by atoms with Crippen molar-refractivity contribution in [2.75, 3.05) is 19.6 Å².